The van der Waals surface area contributed by atoms with Crippen LogP contribution in [-0.2, 0) is 0 Å². The van der Waals surface area contributed by atoms with Crippen molar-refractivity contribution >= 4 is 17.7 Å². The zero-order valence-corrected chi connectivity index (χ0v) is 13.1. The van der Waals surface area contributed by atoms with Crippen LogP contribution in [-0.4, -0.2) is 40.4 Å². The van der Waals surface area contributed by atoms with Crippen LogP contribution in [0.15, 0.2) is 48.7 Å². The first kappa shape index (κ1) is 14.9. The van der Waals surface area contributed by atoms with E-state index in [2.05, 4.69) is 4.98 Å². The van der Waals surface area contributed by atoms with Crippen molar-refractivity contribution in [2.75, 3.05) is 24.6 Å². The lowest BCUT2D eigenvalue weighted by atomic mass is 10.2. The van der Waals surface area contributed by atoms with Gasteiger partial charge in [-0.25, -0.2) is 4.98 Å². The van der Waals surface area contributed by atoms with E-state index in [0.717, 1.165) is 31.0 Å². The second-order valence-electron chi connectivity index (χ2n) is 5.06. The van der Waals surface area contributed by atoms with Gasteiger partial charge in [0, 0.05) is 36.7 Å². The lowest BCUT2D eigenvalue weighted by Crippen LogP contribution is -2.32. The van der Waals surface area contributed by atoms with Crippen molar-refractivity contribution in [3.8, 4) is 11.6 Å². The van der Waals surface area contributed by atoms with Crippen molar-refractivity contribution < 1.29 is 9.53 Å². The Labute approximate surface area is 134 Å². The largest absolute Gasteiger partial charge is 0.439 e. The third kappa shape index (κ3) is 3.80. The molecule has 1 aromatic carbocycles. The predicted octanol–water partition coefficient (Wildman–Crippen LogP) is 3.45. The molecule has 114 valence electrons. The van der Waals surface area contributed by atoms with Gasteiger partial charge in [0.2, 0.25) is 5.88 Å². The van der Waals surface area contributed by atoms with Crippen LogP contribution < -0.4 is 4.74 Å². The van der Waals surface area contributed by atoms with Gasteiger partial charge in [-0.2, -0.15) is 11.8 Å². The molecule has 0 atom stereocenters. The molecule has 1 saturated heterocycles. The van der Waals surface area contributed by atoms with E-state index in [1.165, 1.54) is 0 Å². The highest BCUT2D eigenvalue weighted by molar-refractivity contribution is 7.99. The van der Waals surface area contributed by atoms with Gasteiger partial charge in [-0.15, -0.1) is 0 Å². The molecule has 0 bridgehead atoms. The van der Waals surface area contributed by atoms with Gasteiger partial charge in [0.25, 0.3) is 5.91 Å². The average Bonchev–Trinajstić information content (AvgIpc) is 2.85. The quantitative estimate of drug-likeness (QED) is 0.870. The average molecular weight is 314 g/mol. The molecule has 1 aliphatic heterocycles. The van der Waals surface area contributed by atoms with E-state index in [-0.39, 0.29) is 5.91 Å². The molecule has 4 nitrogen and oxygen atoms in total. The van der Waals surface area contributed by atoms with E-state index < -0.39 is 0 Å². The topological polar surface area (TPSA) is 42.4 Å². The lowest BCUT2D eigenvalue weighted by Gasteiger charge is -2.20. The van der Waals surface area contributed by atoms with E-state index in [9.17, 15) is 4.79 Å². The highest BCUT2D eigenvalue weighted by Gasteiger charge is 2.18. The summed E-state index contributed by atoms with van der Waals surface area (Å²) in [7, 11) is 0. The highest BCUT2D eigenvalue weighted by Crippen LogP contribution is 2.20. The summed E-state index contributed by atoms with van der Waals surface area (Å²) in [5.74, 6) is 3.35. The van der Waals surface area contributed by atoms with Gasteiger partial charge >= 0.3 is 0 Å². The van der Waals surface area contributed by atoms with Gasteiger partial charge in [-0.1, -0.05) is 18.2 Å². The summed E-state index contributed by atoms with van der Waals surface area (Å²) in [6.07, 6.45) is 2.67. The molecule has 5 heteroatoms. The van der Waals surface area contributed by atoms with Crippen LogP contribution in [0.5, 0.6) is 11.6 Å². The van der Waals surface area contributed by atoms with Gasteiger partial charge in [0.1, 0.15) is 5.75 Å². The van der Waals surface area contributed by atoms with Gasteiger partial charge < -0.3 is 9.64 Å². The molecule has 22 heavy (non-hydrogen) atoms. The lowest BCUT2D eigenvalue weighted by molar-refractivity contribution is 0.0768. The van der Waals surface area contributed by atoms with Crippen molar-refractivity contribution in [3.05, 3.63) is 54.2 Å². The Morgan fingerprint density at radius 1 is 1.14 bits per heavy atom. The Morgan fingerprint density at radius 3 is 2.86 bits per heavy atom. The Hall–Kier alpha value is -2.01. The summed E-state index contributed by atoms with van der Waals surface area (Å²) in [6, 6.07) is 12.9. The first-order valence-corrected chi connectivity index (χ1v) is 8.54. The van der Waals surface area contributed by atoms with Crippen molar-refractivity contribution in [2.45, 2.75) is 6.42 Å². The van der Waals surface area contributed by atoms with Crippen LogP contribution in [0.2, 0.25) is 0 Å². The van der Waals surface area contributed by atoms with E-state index in [1.54, 1.807) is 18.3 Å². The number of ether oxygens (including phenoxy) is 1. The van der Waals surface area contributed by atoms with Crippen LogP contribution in [0.4, 0.5) is 0 Å². The number of amides is 1. The van der Waals surface area contributed by atoms with E-state index in [1.807, 2.05) is 47.0 Å². The fourth-order valence-electron chi connectivity index (χ4n) is 2.34. The molecule has 1 aromatic heterocycles. The summed E-state index contributed by atoms with van der Waals surface area (Å²) >= 11 is 1.91. The maximum Gasteiger partial charge on any atom is 0.254 e. The van der Waals surface area contributed by atoms with Gasteiger partial charge in [0.05, 0.1) is 0 Å². The van der Waals surface area contributed by atoms with E-state index in [4.69, 9.17) is 4.74 Å². The predicted molar refractivity (Wildman–Crippen MR) is 88.6 cm³/mol. The minimum atomic E-state index is 0.0582. The fraction of sp³-hybridized carbons (Fsp3) is 0.294. The fourth-order valence-corrected chi connectivity index (χ4v) is 3.23. The maximum atomic E-state index is 12.6. The van der Waals surface area contributed by atoms with Crippen LogP contribution in [0, 0.1) is 0 Å². The number of para-hydroxylation sites is 1. The third-order valence-electron chi connectivity index (χ3n) is 3.46. The van der Waals surface area contributed by atoms with Gasteiger partial charge in [-0.3, -0.25) is 4.79 Å². The van der Waals surface area contributed by atoms with Gasteiger partial charge in [-0.05, 0) is 30.4 Å². The monoisotopic (exact) mass is 314 g/mol. The Balaban J connectivity index is 1.74. The molecule has 0 radical (unpaired) electrons. The molecule has 1 amide bonds. The normalized spacial score (nSPS) is 15.2. The smallest absolute Gasteiger partial charge is 0.254 e. The Kier molecular flexibility index (Phi) is 4.96. The summed E-state index contributed by atoms with van der Waals surface area (Å²) in [4.78, 5) is 18.7. The summed E-state index contributed by atoms with van der Waals surface area (Å²) in [5, 5.41) is 0. The first-order chi connectivity index (χ1) is 10.8. The molecule has 3 rings (SSSR count). The molecule has 1 aliphatic rings. The molecule has 0 saturated carbocycles. The standard InChI is InChI=1S/C17H18N2O2S/c20-17(19-9-4-11-22-12-10-19)14-7-8-18-16(13-14)21-15-5-2-1-3-6-15/h1-3,5-8,13H,4,9-12H2. The number of benzene rings is 1. The Morgan fingerprint density at radius 2 is 2.00 bits per heavy atom. The zero-order valence-electron chi connectivity index (χ0n) is 12.3. The van der Waals surface area contributed by atoms with Gasteiger partial charge in [0.15, 0.2) is 0 Å². The minimum absolute atomic E-state index is 0.0582. The highest BCUT2D eigenvalue weighted by atomic mass is 32.2. The molecule has 0 spiro atoms. The maximum absolute atomic E-state index is 12.6. The second kappa shape index (κ2) is 7.31. The van der Waals surface area contributed by atoms with Crippen LogP contribution >= 0.6 is 11.8 Å². The van der Waals surface area contributed by atoms with Crippen LogP contribution in [0.3, 0.4) is 0 Å². The third-order valence-corrected chi connectivity index (χ3v) is 4.51. The SMILES string of the molecule is O=C(c1ccnc(Oc2ccccc2)c1)N1CCCSCC1. The molecule has 0 N–H and O–H groups in total. The number of hydrogen-bond donors (Lipinski definition) is 0. The van der Waals surface area contributed by atoms with Crippen molar-refractivity contribution in [3.63, 3.8) is 0 Å². The van der Waals surface area contributed by atoms with Crippen molar-refractivity contribution in [1.82, 2.24) is 9.88 Å². The molecule has 0 aliphatic carbocycles. The zero-order chi connectivity index (χ0) is 15.2. The molecule has 0 unspecified atom stereocenters. The molecule has 1 fully saturated rings. The van der Waals surface area contributed by atoms with E-state index >= 15 is 0 Å². The molecule has 2 aromatic rings. The first-order valence-electron chi connectivity index (χ1n) is 7.39. The minimum Gasteiger partial charge on any atom is -0.439 e. The van der Waals surface area contributed by atoms with Crippen molar-refractivity contribution in [2.24, 2.45) is 0 Å². The van der Waals surface area contributed by atoms with Crippen molar-refractivity contribution in [1.29, 1.82) is 0 Å². The molecule has 2 heterocycles. The summed E-state index contributed by atoms with van der Waals surface area (Å²) < 4.78 is 5.70. The van der Waals surface area contributed by atoms with Crippen LogP contribution in [0.1, 0.15) is 16.8 Å². The number of aromatic nitrogens is 1. The molecular weight excluding hydrogens is 296 g/mol. The molecular formula is C17H18N2O2S. The number of pyridine rings is 1. The number of rotatable bonds is 3. The number of carbonyl (C=O) groups excluding carboxylic acids is 1. The summed E-state index contributed by atoms with van der Waals surface area (Å²) in [6.45, 7) is 1.63. The number of nitrogens with zero attached hydrogens (tertiary/aromatic N) is 2. The number of carbonyl (C=O) groups is 1. The van der Waals surface area contributed by atoms with Crippen LogP contribution in [0.25, 0.3) is 0 Å². The Bertz CT molecular complexity index is 626. The number of thioether (sulfide) groups is 1. The second-order valence-corrected chi connectivity index (χ2v) is 6.28. The number of hydrogen-bond acceptors (Lipinski definition) is 4. The van der Waals surface area contributed by atoms with E-state index in [0.29, 0.717) is 17.2 Å². The summed E-state index contributed by atoms with van der Waals surface area (Å²) in [5.41, 5.74) is 0.632.